The van der Waals surface area contributed by atoms with E-state index < -0.39 is 0 Å². The highest BCUT2D eigenvalue weighted by molar-refractivity contribution is 5.83. The van der Waals surface area contributed by atoms with Crippen LogP contribution in [-0.2, 0) is 14.3 Å². The molecule has 0 radical (unpaired) electrons. The fourth-order valence-electron chi connectivity index (χ4n) is 3.36. The summed E-state index contributed by atoms with van der Waals surface area (Å²) in [6, 6.07) is 0. The Morgan fingerprint density at radius 3 is 2.79 bits per heavy atom. The fourth-order valence-corrected chi connectivity index (χ4v) is 3.36. The molecule has 0 amide bonds. The van der Waals surface area contributed by atoms with E-state index in [-0.39, 0.29) is 17.4 Å². The molecule has 2 fully saturated rings. The maximum Gasteiger partial charge on any atom is 0.140 e. The van der Waals surface area contributed by atoms with E-state index >= 15 is 0 Å². The fraction of sp³-hybridized carbons (Fsp3) is 0.933. The molecule has 19 heavy (non-hydrogen) atoms. The molecule has 0 aromatic rings. The van der Waals surface area contributed by atoms with Crippen molar-refractivity contribution in [2.75, 3.05) is 26.4 Å². The summed E-state index contributed by atoms with van der Waals surface area (Å²) in [6.07, 6.45) is 3.49. The predicted octanol–water partition coefficient (Wildman–Crippen LogP) is 1.76. The van der Waals surface area contributed by atoms with E-state index in [1.54, 1.807) is 0 Å². The molecule has 4 heteroatoms. The Balaban J connectivity index is 1.97. The average molecular weight is 269 g/mol. The average Bonchev–Trinajstić information content (AvgIpc) is 2.83. The Morgan fingerprint density at radius 1 is 1.42 bits per heavy atom. The van der Waals surface area contributed by atoms with Gasteiger partial charge in [0.25, 0.3) is 0 Å². The molecule has 3 unspecified atom stereocenters. The largest absolute Gasteiger partial charge is 0.378 e. The van der Waals surface area contributed by atoms with Gasteiger partial charge in [0.05, 0.1) is 12.2 Å². The topological polar surface area (TPSA) is 61.6 Å². The molecule has 0 saturated carbocycles. The molecular weight excluding hydrogens is 242 g/mol. The van der Waals surface area contributed by atoms with Gasteiger partial charge >= 0.3 is 0 Å². The maximum absolute atomic E-state index is 12.6. The lowest BCUT2D eigenvalue weighted by atomic mass is 9.78. The molecule has 2 rings (SSSR count). The van der Waals surface area contributed by atoms with Gasteiger partial charge in [-0.15, -0.1) is 0 Å². The zero-order chi connectivity index (χ0) is 13.9. The predicted molar refractivity (Wildman–Crippen MR) is 73.8 cm³/mol. The highest BCUT2D eigenvalue weighted by Crippen LogP contribution is 2.37. The van der Waals surface area contributed by atoms with Crippen LogP contribution in [0.15, 0.2) is 0 Å². The number of hydrogen-bond donors (Lipinski definition) is 1. The number of ketones is 1. The van der Waals surface area contributed by atoms with E-state index in [1.165, 1.54) is 0 Å². The van der Waals surface area contributed by atoms with Crippen LogP contribution in [-0.4, -0.2) is 37.7 Å². The molecule has 1 spiro atoms. The van der Waals surface area contributed by atoms with Crippen molar-refractivity contribution in [2.24, 2.45) is 23.5 Å². The first-order chi connectivity index (χ1) is 9.06. The maximum atomic E-state index is 12.6. The van der Waals surface area contributed by atoms with E-state index in [1.807, 2.05) is 0 Å². The van der Waals surface area contributed by atoms with Crippen molar-refractivity contribution in [3.63, 3.8) is 0 Å². The SMILES string of the molecule is CC(C)CC(CN)C(=O)C1CCOC2(CCOC2)C1. The lowest BCUT2D eigenvalue weighted by Gasteiger charge is -2.37. The Hall–Kier alpha value is -0.450. The molecule has 0 aromatic carbocycles. The van der Waals surface area contributed by atoms with Gasteiger partial charge in [-0.1, -0.05) is 13.8 Å². The molecule has 110 valence electrons. The van der Waals surface area contributed by atoms with Crippen LogP contribution in [0.3, 0.4) is 0 Å². The summed E-state index contributed by atoms with van der Waals surface area (Å²) < 4.78 is 11.3. The minimum Gasteiger partial charge on any atom is -0.378 e. The van der Waals surface area contributed by atoms with E-state index in [0.717, 1.165) is 32.3 Å². The first-order valence-electron chi connectivity index (χ1n) is 7.52. The van der Waals surface area contributed by atoms with Gasteiger partial charge in [0.15, 0.2) is 0 Å². The molecule has 0 aromatic heterocycles. The van der Waals surface area contributed by atoms with Crippen molar-refractivity contribution in [1.82, 2.24) is 0 Å². The van der Waals surface area contributed by atoms with Crippen LogP contribution >= 0.6 is 0 Å². The van der Waals surface area contributed by atoms with Crippen LogP contribution in [0.4, 0.5) is 0 Å². The third kappa shape index (κ3) is 3.56. The van der Waals surface area contributed by atoms with Crippen molar-refractivity contribution < 1.29 is 14.3 Å². The van der Waals surface area contributed by atoms with Gasteiger partial charge in [0.2, 0.25) is 0 Å². The van der Waals surface area contributed by atoms with Crippen LogP contribution in [0.2, 0.25) is 0 Å². The molecular formula is C15H27NO3. The monoisotopic (exact) mass is 269 g/mol. The summed E-state index contributed by atoms with van der Waals surface area (Å²) in [6.45, 7) is 6.84. The summed E-state index contributed by atoms with van der Waals surface area (Å²) >= 11 is 0. The van der Waals surface area contributed by atoms with Crippen molar-refractivity contribution in [2.45, 2.75) is 45.1 Å². The third-order valence-corrected chi connectivity index (χ3v) is 4.41. The molecule has 2 aliphatic heterocycles. The summed E-state index contributed by atoms with van der Waals surface area (Å²) in [5, 5.41) is 0. The third-order valence-electron chi connectivity index (χ3n) is 4.41. The molecule has 3 atom stereocenters. The molecule has 4 nitrogen and oxygen atoms in total. The van der Waals surface area contributed by atoms with Gasteiger partial charge in [0, 0.05) is 38.0 Å². The van der Waals surface area contributed by atoms with Crippen LogP contribution in [0.5, 0.6) is 0 Å². The van der Waals surface area contributed by atoms with E-state index in [0.29, 0.717) is 31.5 Å². The van der Waals surface area contributed by atoms with Crippen LogP contribution < -0.4 is 5.73 Å². The minimum absolute atomic E-state index is 0.0162. The lowest BCUT2D eigenvalue weighted by molar-refractivity contribution is -0.140. The molecule has 2 aliphatic rings. The van der Waals surface area contributed by atoms with E-state index in [4.69, 9.17) is 15.2 Å². The quantitative estimate of drug-likeness (QED) is 0.826. The van der Waals surface area contributed by atoms with Gasteiger partial charge < -0.3 is 15.2 Å². The molecule has 2 N–H and O–H groups in total. The molecule has 0 bridgehead atoms. The van der Waals surface area contributed by atoms with Crippen molar-refractivity contribution >= 4 is 5.78 Å². The van der Waals surface area contributed by atoms with Gasteiger partial charge in [-0.05, 0) is 25.2 Å². The number of ether oxygens (including phenoxy) is 2. The smallest absolute Gasteiger partial charge is 0.140 e. The van der Waals surface area contributed by atoms with Gasteiger partial charge in [-0.25, -0.2) is 0 Å². The second-order valence-corrected chi connectivity index (χ2v) is 6.49. The highest BCUT2D eigenvalue weighted by atomic mass is 16.6. The Morgan fingerprint density at radius 2 is 2.21 bits per heavy atom. The number of Topliss-reactive ketones (excluding diaryl/α,β-unsaturated/α-hetero) is 1. The summed E-state index contributed by atoms with van der Waals surface area (Å²) in [7, 11) is 0. The zero-order valence-electron chi connectivity index (χ0n) is 12.2. The van der Waals surface area contributed by atoms with E-state index in [9.17, 15) is 4.79 Å². The number of carbonyl (C=O) groups excluding carboxylic acids is 1. The van der Waals surface area contributed by atoms with Crippen molar-refractivity contribution in [3.8, 4) is 0 Å². The Kier molecular flexibility index (Phi) is 4.98. The molecule has 0 aliphatic carbocycles. The van der Waals surface area contributed by atoms with E-state index in [2.05, 4.69) is 13.8 Å². The minimum atomic E-state index is -0.185. The first-order valence-corrected chi connectivity index (χ1v) is 7.52. The van der Waals surface area contributed by atoms with Gasteiger partial charge in [-0.2, -0.15) is 0 Å². The van der Waals surface area contributed by atoms with Gasteiger partial charge in [-0.3, -0.25) is 4.79 Å². The molecule has 2 saturated heterocycles. The van der Waals surface area contributed by atoms with Crippen molar-refractivity contribution in [1.29, 1.82) is 0 Å². The Labute approximate surface area is 116 Å². The van der Waals surface area contributed by atoms with Crippen LogP contribution in [0.25, 0.3) is 0 Å². The van der Waals surface area contributed by atoms with Crippen molar-refractivity contribution in [3.05, 3.63) is 0 Å². The zero-order valence-corrected chi connectivity index (χ0v) is 12.2. The van der Waals surface area contributed by atoms with Gasteiger partial charge in [0.1, 0.15) is 5.78 Å². The van der Waals surface area contributed by atoms with Crippen LogP contribution in [0.1, 0.15) is 39.5 Å². The Bertz CT molecular complexity index is 311. The number of carbonyl (C=O) groups is 1. The summed E-state index contributed by atoms with van der Waals surface area (Å²) in [4.78, 5) is 12.6. The first kappa shape index (κ1) is 14.9. The number of hydrogen-bond acceptors (Lipinski definition) is 4. The summed E-state index contributed by atoms with van der Waals surface area (Å²) in [5.74, 6) is 0.997. The number of nitrogens with two attached hydrogens (primary N) is 1. The normalized spacial score (nSPS) is 32.9. The number of rotatable bonds is 5. The second kappa shape index (κ2) is 6.33. The lowest BCUT2D eigenvalue weighted by Crippen LogP contribution is -2.44. The molecule has 2 heterocycles. The second-order valence-electron chi connectivity index (χ2n) is 6.49. The van der Waals surface area contributed by atoms with Crippen LogP contribution in [0, 0.1) is 17.8 Å². The standard InChI is InChI=1S/C15H27NO3/c1-11(2)7-13(9-16)14(17)12-3-5-19-15(8-12)4-6-18-10-15/h11-13H,3-10,16H2,1-2H3. The highest BCUT2D eigenvalue weighted by Gasteiger charge is 2.43. The summed E-state index contributed by atoms with van der Waals surface area (Å²) in [5.41, 5.74) is 5.61.